The second-order valence-corrected chi connectivity index (χ2v) is 5.35. The molecule has 3 heteroatoms. The van der Waals surface area contributed by atoms with Gasteiger partial charge in [0.1, 0.15) is 6.07 Å². The third-order valence-electron chi connectivity index (χ3n) is 4.38. The van der Waals surface area contributed by atoms with Crippen LogP contribution in [0.5, 0.6) is 0 Å². The molecule has 1 heterocycles. The predicted molar refractivity (Wildman–Crippen MR) is 66.4 cm³/mol. The van der Waals surface area contributed by atoms with E-state index < -0.39 is 0 Å². The molecule has 88 valence electrons. The van der Waals surface area contributed by atoms with Crippen LogP contribution in [0.2, 0.25) is 0 Å². The molecule has 2 saturated carbocycles. The van der Waals surface area contributed by atoms with E-state index >= 15 is 0 Å². The van der Waals surface area contributed by atoms with Crippen molar-refractivity contribution in [1.29, 1.82) is 5.26 Å². The largest absolute Gasteiger partial charge is 0.382 e. The number of nitrogens with one attached hydrogen (secondary N) is 1. The monoisotopic (exact) mass is 227 g/mol. The Morgan fingerprint density at radius 2 is 2.35 bits per heavy atom. The van der Waals surface area contributed by atoms with E-state index in [0.717, 1.165) is 30.0 Å². The number of nitriles is 1. The average Bonchev–Trinajstić information content (AvgIpc) is 2.98. The summed E-state index contributed by atoms with van der Waals surface area (Å²) in [5, 5.41) is 12.4. The smallest absolute Gasteiger partial charge is 0.101 e. The highest BCUT2D eigenvalue weighted by Crippen LogP contribution is 2.48. The lowest BCUT2D eigenvalue weighted by atomic mass is 9.89. The Balaban J connectivity index is 1.63. The van der Waals surface area contributed by atoms with Crippen LogP contribution in [0.4, 0.5) is 5.69 Å². The van der Waals surface area contributed by atoms with E-state index in [0.29, 0.717) is 5.56 Å². The summed E-state index contributed by atoms with van der Waals surface area (Å²) in [6.07, 6.45) is 9.09. The van der Waals surface area contributed by atoms with Crippen molar-refractivity contribution in [2.24, 2.45) is 17.8 Å². The minimum Gasteiger partial charge on any atom is -0.382 e. The first kappa shape index (κ1) is 10.6. The van der Waals surface area contributed by atoms with Gasteiger partial charge >= 0.3 is 0 Å². The third-order valence-corrected chi connectivity index (χ3v) is 4.38. The molecule has 3 nitrogen and oxygen atoms in total. The Morgan fingerprint density at radius 1 is 1.41 bits per heavy atom. The number of nitrogens with zero attached hydrogens (tertiary/aromatic N) is 2. The standard InChI is InChI=1S/C14H17N3/c15-7-12-3-4-16-9-14(12)17-8-13-6-10-1-2-11(13)5-10/h3-4,9-11,13,17H,1-2,5-6,8H2. The Labute approximate surface area is 102 Å². The van der Waals surface area contributed by atoms with Gasteiger partial charge in [-0.2, -0.15) is 5.26 Å². The summed E-state index contributed by atoms with van der Waals surface area (Å²) in [7, 11) is 0. The van der Waals surface area contributed by atoms with Crippen molar-refractivity contribution in [1.82, 2.24) is 4.98 Å². The maximum Gasteiger partial charge on any atom is 0.101 e. The third kappa shape index (κ3) is 2.00. The van der Waals surface area contributed by atoms with Gasteiger partial charge in [-0.25, -0.2) is 0 Å². The molecule has 1 N–H and O–H groups in total. The summed E-state index contributed by atoms with van der Waals surface area (Å²) >= 11 is 0. The summed E-state index contributed by atoms with van der Waals surface area (Å²) in [5.74, 6) is 2.71. The van der Waals surface area contributed by atoms with Crippen LogP contribution in [0, 0.1) is 29.1 Å². The van der Waals surface area contributed by atoms with E-state index in [2.05, 4.69) is 16.4 Å². The van der Waals surface area contributed by atoms with Gasteiger partial charge in [0.2, 0.25) is 0 Å². The summed E-state index contributed by atoms with van der Waals surface area (Å²) in [5.41, 5.74) is 1.58. The zero-order valence-electron chi connectivity index (χ0n) is 9.89. The van der Waals surface area contributed by atoms with Crippen LogP contribution in [0.15, 0.2) is 18.5 Å². The van der Waals surface area contributed by atoms with Gasteiger partial charge in [0.15, 0.2) is 0 Å². The fraction of sp³-hybridized carbons (Fsp3) is 0.571. The number of anilines is 1. The average molecular weight is 227 g/mol. The summed E-state index contributed by atoms with van der Waals surface area (Å²) in [6, 6.07) is 3.97. The van der Waals surface area contributed by atoms with Crippen molar-refractivity contribution in [2.75, 3.05) is 11.9 Å². The summed E-state index contributed by atoms with van der Waals surface area (Å²) < 4.78 is 0. The van der Waals surface area contributed by atoms with Gasteiger partial charge < -0.3 is 5.32 Å². The first-order valence-corrected chi connectivity index (χ1v) is 6.45. The van der Waals surface area contributed by atoms with E-state index in [1.807, 2.05) is 0 Å². The topological polar surface area (TPSA) is 48.7 Å². The zero-order valence-corrected chi connectivity index (χ0v) is 9.89. The minimum atomic E-state index is 0.697. The van der Waals surface area contributed by atoms with Crippen LogP contribution in [-0.4, -0.2) is 11.5 Å². The molecule has 0 aliphatic heterocycles. The van der Waals surface area contributed by atoms with Gasteiger partial charge in [-0.3, -0.25) is 4.98 Å². The molecule has 2 bridgehead atoms. The summed E-state index contributed by atoms with van der Waals surface area (Å²) in [4.78, 5) is 4.07. The fourth-order valence-corrected chi connectivity index (χ4v) is 3.50. The normalized spacial score (nSPS) is 30.2. The van der Waals surface area contributed by atoms with Crippen LogP contribution in [0.3, 0.4) is 0 Å². The van der Waals surface area contributed by atoms with Crippen LogP contribution >= 0.6 is 0 Å². The molecule has 0 aromatic carbocycles. The molecule has 2 aliphatic carbocycles. The van der Waals surface area contributed by atoms with Crippen LogP contribution < -0.4 is 5.32 Å². The Hall–Kier alpha value is -1.56. The minimum absolute atomic E-state index is 0.697. The molecule has 0 radical (unpaired) electrons. The lowest BCUT2D eigenvalue weighted by molar-refractivity contribution is 0.348. The lowest BCUT2D eigenvalue weighted by Gasteiger charge is -2.22. The molecule has 1 aromatic rings. The molecule has 3 rings (SSSR count). The van der Waals surface area contributed by atoms with Crippen molar-refractivity contribution in [2.45, 2.75) is 25.7 Å². The highest BCUT2D eigenvalue weighted by molar-refractivity contribution is 5.55. The molecule has 2 fully saturated rings. The molecule has 0 spiro atoms. The van der Waals surface area contributed by atoms with E-state index in [1.165, 1.54) is 25.7 Å². The number of aromatic nitrogens is 1. The second-order valence-electron chi connectivity index (χ2n) is 5.35. The van der Waals surface area contributed by atoms with Crippen molar-refractivity contribution in [3.63, 3.8) is 0 Å². The number of fused-ring (bicyclic) bond motifs is 2. The van der Waals surface area contributed by atoms with Crippen molar-refractivity contribution in [3.8, 4) is 6.07 Å². The number of rotatable bonds is 3. The van der Waals surface area contributed by atoms with Gasteiger partial charge in [0.25, 0.3) is 0 Å². The van der Waals surface area contributed by atoms with Gasteiger partial charge in [0.05, 0.1) is 17.4 Å². The Morgan fingerprint density at radius 3 is 3.06 bits per heavy atom. The lowest BCUT2D eigenvalue weighted by Crippen LogP contribution is -2.20. The van der Waals surface area contributed by atoms with Crippen molar-refractivity contribution >= 4 is 5.69 Å². The van der Waals surface area contributed by atoms with Crippen LogP contribution in [-0.2, 0) is 0 Å². The van der Waals surface area contributed by atoms with Crippen LogP contribution in [0.1, 0.15) is 31.2 Å². The highest BCUT2D eigenvalue weighted by atomic mass is 14.9. The van der Waals surface area contributed by atoms with Crippen molar-refractivity contribution < 1.29 is 0 Å². The van der Waals surface area contributed by atoms with Gasteiger partial charge in [-0.05, 0) is 43.1 Å². The molecule has 3 unspecified atom stereocenters. The van der Waals surface area contributed by atoms with E-state index in [-0.39, 0.29) is 0 Å². The zero-order chi connectivity index (χ0) is 11.7. The Bertz CT molecular complexity index is 449. The SMILES string of the molecule is N#Cc1ccncc1NCC1CC2CCC1C2. The van der Waals surface area contributed by atoms with Crippen molar-refractivity contribution in [3.05, 3.63) is 24.0 Å². The van der Waals surface area contributed by atoms with Gasteiger partial charge in [0, 0.05) is 12.7 Å². The molecule has 17 heavy (non-hydrogen) atoms. The number of pyridine rings is 1. The Kier molecular flexibility index (Phi) is 2.72. The summed E-state index contributed by atoms with van der Waals surface area (Å²) in [6.45, 7) is 1.00. The van der Waals surface area contributed by atoms with E-state index in [4.69, 9.17) is 5.26 Å². The quantitative estimate of drug-likeness (QED) is 0.863. The second kappa shape index (κ2) is 4.37. The highest BCUT2D eigenvalue weighted by Gasteiger charge is 2.39. The molecular weight excluding hydrogens is 210 g/mol. The molecular formula is C14H17N3. The molecule has 2 aliphatic rings. The first-order chi connectivity index (χ1) is 8.36. The molecule has 0 saturated heterocycles. The van der Waals surface area contributed by atoms with E-state index in [1.54, 1.807) is 18.5 Å². The maximum atomic E-state index is 9.00. The number of hydrogen-bond donors (Lipinski definition) is 1. The van der Waals surface area contributed by atoms with Gasteiger partial charge in [-0.15, -0.1) is 0 Å². The predicted octanol–water partition coefficient (Wildman–Crippen LogP) is 2.80. The number of hydrogen-bond acceptors (Lipinski definition) is 3. The first-order valence-electron chi connectivity index (χ1n) is 6.45. The van der Waals surface area contributed by atoms with Crippen LogP contribution in [0.25, 0.3) is 0 Å². The molecule has 0 amide bonds. The maximum absolute atomic E-state index is 9.00. The van der Waals surface area contributed by atoms with Gasteiger partial charge in [-0.1, -0.05) is 6.42 Å². The van der Waals surface area contributed by atoms with E-state index in [9.17, 15) is 0 Å². The molecule has 3 atom stereocenters. The fourth-order valence-electron chi connectivity index (χ4n) is 3.50. The molecule has 1 aromatic heterocycles.